The summed E-state index contributed by atoms with van der Waals surface area (Å²) in [5.41, 5.74) is -0.829. The van der Waals surface area contributed by atoms with Gasteiger partial charge < -0.3 is 15.4 Å². The van der Waals surface area contributed by atoms with E-state index in [0.717, 1.165) is 36.2 Å². The number of unbranched alkanes of at least 4 members (excludes halogenated alkanes) is 1. The van der Waals surface area contributed by atoms with Gasteiger partial charge in [-0.3, -0.25) is 4.99 Å². The van der Waals surface area contributed by atoms with Gasteiger partial charge in [0.15, 0.2) is 11.7 Å². The summed E-state index contributed by atoms with van der Waals surface area (Å²) in [7, 11) is 1.64. The van der Waals surface area contributed by atoms with E-state index in [-0.39, 0.29) is 24.0 Å². The Balaban J connectivity index is 0.00000529. The van der Waals surface area contributed by atoms with Crippen molar-refractivity contribution in [2.45, 2.75) is 32.4 Å². The summed E-state index contributed by atoms with van der Waals surface area (Å²) < 4.78 is 42.8. The molecule has 0 fully saturated rings. The molecule has 0 saturated heterocycles. The number of rotatable bonds is 9. The molecule has 0 aliphatic carbocycles. The Morgan fingerprint density at radius 3 is 2.58 bits per heavy atom. The lowest BCUT2D eigenvalue weighted by molar-refractivity contribution is -0.140. The fourth-order valence-electron chi connectivity index (χ4n) is 1.65. The molecule has 1 rings (SSSR count). The van der Waals surface area contributed by atoms with Gasteiger partial charge >= 0.3 is 6.18 Å². The molecule has 0 aliphatic heterocycles. The number of halogens is 4. The fraction of sp³-hybridized carbons (Fsp3) is 0.714. The zero-order valence-corrected chi connectivity index (χ0v) is 16.9. The molecular formula is C14H24F3IN4OS. The van der Waals surface area contributed by atoms with E-state index in [2.05, 4.69) is 27.5 Å². The predicted molar refractivity (Wildman–Crippen MR) is 101 cm³/mol. The molecule has 0 spiro atoms. The third-order valence-electron chi connectivity index (χ3n) is 2.88. The number of ether oxygens (including phenoxy) is 1. The second-order valence-electron chi connectivity index (χ2n) is 4.77. The van der Waals surface area contributed by atoms with E-state index in [1.807, 2.05) is 0 Å². The number of guanidine groups is 1. The van der Waals surface area contributed by atoms with Crippen LogP contribution in [0.3, 0.4) is 0 Å². The zero-order chi connectivity index (χ0) is 17.1. The van der Waals surface area contributed by atoms with E-state index in [0.29, 0.717) is 37.1 Å². The topological polar surface area (TPSA) is 58.5 Å². The van der Waals surface area contributed by atoms with E-state index < -0.39 is 11.9 Å². The monoisotopic (exact) mass is 480 g/mol. The van der Waals surface area contributed by atoms with Gasteiger partial charge in [-0.05, 0) is 6.42 Å². The Labute approximate surface area is 161 Å². The molecule has 10 heteroatoms. The van der Waals surface area contributed by atoms with Crippen molar-refractivity contribution >= 4 is 41.3 Å². The van der Waals surface area contributed by atoms with Gasteiger partial charge in [-0.2, -0.15) is 13.2 Å². The quantitative estimate of drug-likeness (QED) is 0.247. The number of aliphatic imine (C=N–C) groups is 1. The van der Waals surface area contributed by atoms with Crippen LogP contribution in [0.4, 0.5) is 13.2 Å². The highest BCUT2D eigenvalue weighted by Crippen LogP contribution is 2.29. The molecule has 1 heterocycles. The maximum absolute atomic E-state index is 12.4. The third-order valence-corrected chi connectivity index (χ3v) is 3.79. The van der Waals surface area contributed by atoms with Crippen molar-refractivity contribution in [1.29, 1.82) is 0 Å². The zero-order valence-electron chi connectivity index (χ0n) is 13.8. The Morgan fingerprint density at radius 2 is 2.00 bits per heavy atom. The molecular weight excluding hydrogens is 456 g/mol. The summed E-state index contributed by atoms with van der Waals surface area (Å²) in [5, 5.41) is 7.60. The molecule has 0 radical (unpaired) electrons. The minimum absolute atomic E-state index is 0. The van der Waals surface area contributed by atoms with E-state index >= 15 is 0 Å². The molecule has 24 heavy (non-hydrogen) atoms. The third kappa shape index (κ3) is 9.62. The Morgan fingerprint density at radius 1 is 1.29 bits per heavy atom. The van der Waals surface area contributed by atoms with Gasteiger partial charge in [0, 0.05) is 38.5 Å². The average Bonchev–Trinajstić information content (AvgIpc) is 2.98. The highest BCUT2D eigenvalue weighted by molar-refractivity contribution is 14.0. The van der Waals surface area contributed by atoms with Gasteiger partial charge in [0.05, 0.1) is 11.6 Å². The standard InChI is InChI=1S/C14H23F3N4OS.HI/c1-3-4-8-22-9-7-20-13(18-2)19-6-5-12-21-11(10-23-12)14(15,16)17;/h10H,3-9H2,1-2H3,(H2,18,19,20);1H. The van der Waals surface area contributed by atoms with Gasteiger partial charge in [-0.25, -0.2) is 4.98 Å². The van der Waals surface area contributed by atoms with Crippen molar-refractivity contribution in [3.05, 3.63) is 16.1 Å². The Kier molecular flexibility index (Phi) is 12.4. The van der Waals surface area contributed by atoms with E-state index in [4.69, 9.17) is 4.74 Å². The number of thiazole rings is 1. The second-order valence-corrected chi connectivity index (χ2v) is 5.71. The van der Waals surface area contributed by atoms with Crippen LogP contribution >= 0.6 is 35.3 Å². The first-order chi connectivity index (χ1) is 11.0. The first kappa shape index (κ1) is 23.4. The number of alkyl halides is 3. The summed E-state index contributed by atoms with van der Waals surface area (Å²) in [6, 6.07) is 0. The first-order valence-corrected chi connectivity index (χ1v) is 8.39. The smallest absolute Gasteiger partial charge is 0.380 e. The molecule has 140 valence electrons. The van der Waals surface area contributed by atoms with Crippen molar-refractivity contribution < 1.29 is 17.9 Å². The maximum atomic E-state index is 12.4. The molecule has 5 nitrogen and oxygen atoms in total. The van der Waals surface area contributed by atoms with Crippen LogP contribution in [0, 0.1) is 0 Å². The summed E-state index contributed by atoms with van der Waals surface area (Å²) >= 11 is 1.01. The van der Waals surface area contributed by atoms with Gasteiger partial charge in [0.2, 0.25) is 0 Å². The van der Waals surface area contributed by atoms with Crippen LogP contribution in [-0.2, 0) is 17.3 Å². The number of hydrogen-bond donors (Lipinski definition) is 2. The van der Waals surface area contributed by atoms with E-state index in [1.54, 1.807) is 7.05 Å². The highest BCUT2D eigenvalue weighted by Gasteiger charge is 2.33. The summed E-state index contributed by atoms with van der Waals surface area (Å²) in [6.07, 6.45) is -1.82. The molecule has 0 bridgehead atoms. The molecule has 2 N–H and O–H groups in total. The van der Waals surface area contributed by atoms with E-state index in [1.165, 1.54) is 0 Å². The molecule has 1 aromatic heterocycles. The molecule has 0 amide bonds. The van der Waals surface area contributed by atoms with E-state index in [9.17, 15) is 13.2 Å². The van der Waals surface area contributed by atoms with Crippen LogP contribution in [0.5, 0.6) is 0 Å². The fourth-order valence-corrected chi connectivity index (χ4v) is 2.46. The summed E-state index contributed by atoms with van der Waals surface area (Å²) in [6.45, 7) is 4.52. The minimum atomic E-state index is -4.38. The molecule has 1 aromatic rings. The number of nitrogens with one attached hydrogen (secondary N) is 2. The summed E-state index contributed by atoms with van der Waals surface area (Å²) in [5.74, 6) is 0.594. The molecule has 0 aliphatic rings. The Hall–Kier alpha value is -0.620. The van der Waals surface area contributed by atoms with Crippen LogP contribution < -0.4 is 10.6 Å². The van der Waals surface area contributed by atoms with Crippen molar-refractivity contribution in [3.63, 3.8) is 0 Å². The maximum Gasteiger partial charge on any atom is 0.434 e. The van der Waals surface area contributed by atoms with Crippen LogP contribution in [0.15, 0.2) is 10.4 Å². The number of aromatic nitrogens is 1. The van der Waals surface area contributed by atoms with Crippen molar-refractivity contribution in [3.8, 4) is 0 Å². The highest BCUT2D eigenvalue weighted by atomic mass is 127. The lowest BCUT2D eigenvalue weighted by Crippen LogP contribution is -2.39. The number of nitrogens with zero attached hydrogens (tertiary/aromatic N) is 2. The van der Waals surface area contributed by atoms with Crippen molar-refractivity contribution in [2.24, 2.45) is 4.99 Å². The van der Waals surface area contributed by atoms with Gasteiger partial charge in [0.1, 0.15) is 0 Å². The molecule has 0 saturated carbocycles. The SMILES string of the molecule is CCCCOCCNC(=NC)NCCc1nc(C(F)(F)F)cs1.I. The predicted octanol–water partition coefficient (Wildman–Crippen LogP) is 3.30. The van der Waals surface area contributed by atoms with Crippen molar-refractivity contribution in [2.75, 3.05) is 33.4 Å². The lowest BCUT2D eigenvalue weighted by Gasteiger charge is -2.11. The van der Waals surface area contributed by atoms with Crippen molar-refractivity contribution in [1.82, 2.24) is 15.6 Å². The average molecular weight is 480 g/mol. The minimum Gasteiger partial charge on any atom is -0.380 e. The molecule has 0 unspecified atom stereocenters. The van der Waals surface area contributed by atoms with Crippen LogP contribution in [0.1, 0.15) is 30.5 Å². The second kappa shape index (κ2) is 12.7. The van der Waals surface area contributed by atoms with Gasteiger partial charge in [-0.1, -0.05) is 13.3 Å². The first-order valence-electron chi connectivity index (χ1n) is 7.51. The normalized spacial score (nSPS) is 12.0. The van der Waals surface area contributed by atoms with Gasteiger partial charge in [0.25, 0.3) is 0 Å². The van der Waals surface area contributed by atoms with Crippen LogP contribution in [0.25, 0.3) is 0 Å². The lowest BCUT2D eigenvalue weighted by atomic mass is 10.4. The molecule has 0 atom stereocenters. The van der Waals surface area contributed by atoms with Crippen LogP contribution in [-0.4, -0.2) is 44.3 Å². The van der Waals surface area contributed by atoms with Gasteiger partial charge in [-0.15, -0.1) is 35.3 Å². The largest absolute Gasteiger partial charge is 0.434 e. The van der Waals surface area contributed by atoms with Crippen LogP contribution in [0.2, 0.25) is 0 Å². The number of hydrogen-bond acceptors (Lipinski definition) is 4. The summed E-state index contributed by atoms with van der Waals surface area (Å²) in [4.78, 5) is 7.62. The Bertz CT molecular complexity index is 483. The molecule has 0 aromatic carbocycles.